The number of hydrogen-bond donors (Lipinski definition) is 1. The molecule has 0 aromatic carbocycles. The van der Waals surface area contributed by atoms with Crippen LogP contribution in [0.15, 0.2) is 0 Å². The van der Waals surface area contributed by atoms with E-state index in [4.69, 9.17) is 5.73 Å². The van der Waals surface area contributed by atoms with Gasteiger partial charge >= 0.3 is 0 Å². The van der Waals surface area contributed by atoms with Crippen molar-refractivity contribution >= 4 is 0 Å². The van der Waals surface area contributed by atoms with Crippen molar-refractivity contribution < 1.29 is 0 Å². The number of aromatic nitrogens is 2. The summed E-state index contributed by atoms with van der Waals surface area (Å²) in [7, 11) is 0. The van der Waals surface area contributed by atoms with E-state index in [0.717, 1.165) is 12.2 Å². The molecule has 0 saturated heterocycles. The minimum atomic E-state index is 0.125. The normalized spacial score (nSPS) is 14.3. The van der Waals surface area contributed by atoms with Crippen LogP contribution in [-0.2, 0) is 6.54 Å². The van der Waals surface area contributed by atoms with E-state index in [9.17, 15) is 0 Å². The molecule has 0 radical (unpaired) electrons. The summed E-state index contributed by atoms with van der Waals surface area (Å²) in [6.07, 6.45) is 0. The van der Waals surface area contributed by atoms with E-state index in [2.05, 4.69) is 39.7 Å². The molecule has 15 heavy (non-hydrogen) atoms. The predicted molar refractivity (Wildman–Crippen MR) is 63.9 cm³/mol. The monoisotopic (exact) mass is 209 g/mol. The zero-order valence-electron chi connectivity index (χ0n) is 10.8. The summed E-state index contributed by atoms with van der Waals surface area (Å²) in [6.45, 7) is 13.5. The minimum absolute atomic E-state index is 0.125. The average Bonchev–Trinajstić information content (AvgIpc) is 2.32. The molecule has 0 saturated carbocycles. The molecule has 1 aromatic heterocycles. The fourth-order valence-electron chi connectivity index (χ4n) is 1.42. The molecule has 2 N–H and O–H groups in total. The highest BCUT2D eigenvalue weighted by molar-refractivity contribution is 5.22. The van der Waals surface area contributed by atoms with Gasteiger partial charge in [-0.05, 0) is 31.7 Å². The molecule has 0 aliphatic carbocycles. The minimum Gasteiger partial charge on any atom is -0.326 e. The summed E-state index contributed by atoms with van der Waals surface area (Å²) in [4.78, 5) is 0. The largest absolute Gasteiger partial charge is 0.326 e. The summed E-state index contributed by atoms with van der Waals surface area (Å²) in [6, 6.07) is 0.134. The fourth-order valence-corrected chi connectivity index (χ4v) is 1.42. The zero-order chi connectivity index (χ0) is 11.8. The van der Waals surface area contributed by atoms with Crippen LogP contribution in [0.4, 0.5) is 0 Å². The second-order valence-electron chi connectivity index (χ2n) is 5.45. The second-order valence-corrected chi connectivity index (χ2v) is 5.45. The van der Waals surface area contributed by atoms with E-state index >= 15 is 0 Å². The predicted octanol–water partition coefficient (Wildman–Crippen LogP) is 2.18. The van der Waals surface area contributed by atoms with Crippen LogP contribution in [0.3, 0.4) is 0 Å². The van der Waals surface area contributed by atoms with Crippen molar-refractivity contribution in [3.05, 3.63) is 17.0 Å². The average molecular weight is 209 g/mol. The van der Waals surface area contributed by atoms with Crippen molar-refractivity contribution in [2.75, 3.05) is 0 Å². The molecule has 0 spiro atoms. The molecule has 3 nitrogen and oxygen atoms in total. The van der Waals surface area contributed by atoms with Crippen molar-refractivity contribution in [1.82, 2.24) is 9.78 Å². The highest BCUT2D eigenvalue weighted by Crippen LogP contribution is 2.20. The maximum absolute atomic E-state index is 6.15. The van der Waals surface area contributed by atoms with Crippen molar-refractivity contribution in [2.45, 2.75) is 54.1 Å². The second kappa shape index (κ2) is 3.97. The van der Waals surface area contributed by atoms with Crippen molar-refractivity contribution in [2.24, 2.45) is 11.1 Å². The van der Waals surface area contributed by atoms with Gasteiger partial charge in [0.05, 0.1) is 12.2 Å². The highest BCUT2D eigenvalue weighted by Gasteiger charge is 2.22. The van der Waals surface area contributed by atoms with Gasteiger partial charge in [0.1, 0.15) is 0 Å². The molecule has 1 unspecified atom stereocenters. The van der Waals surface area contributed by atoms with Crippen molar-refractivity contribution in [1.29, 1.82) is 0 Å². The molecule has 1 heterocycles. The van der Waals surface area contributed by atoms with E-state index in [0.29, 0.717) is 0 Å². The summed E-state index contributed by atoms with van der Waals surface area (Å²) in [5.41, 5.74) is 9.88. The van der Waals surface area contributed by atoms with Gasteiger partial charge in [-0.1, -0.05) is 20.8 Å². The third-order valence-electron chi connectivity index (χ3n) is 3.23. The number of rotatable bonds is 2. The van der Waals surface area contributed by atoms with Crippen LogP contribution in [0.5, 0.6) is 0 Å². The highest BCUT2D eigenvalue weighted by atomic mass is 15.3. The third-order valence-corrected chi connectivity index (χ3v) is 3.23. The molecule has 0 fully saturated rings. The Labute approximate surface area is 92.7 Å². The van der Waals surface area contributed by atoms with Gasteiger partial charge in [0.25, 0.3) is 0 Å². The lowest BCUT2D eigenvalue weighted by Gasteiger charge is -2.27. The van der Waals surface area contributed by atoms with E-state index in [1.165, 1.54) is 11.3 Å². The Kier molecular flexibility index (Phi) is 3.24. The van der Waals surface area contributed by atoms with E-state index in [-0.39, 0.29) is 11.5 Å². The van der Waals surface area contributed by atoms with Gasteiger partial charge in [-0.2, -0.15) is 5.10 Å². The molecular formula is C12H23N3. The van der Waals surface area contributed by atoms with E-state index in [1.54, 1.807) is 0 Å². The summed E-state index contributed by atoms with van der Waals surface area (Å²) in [5.74, 6) is 0. The molecule has 3 heteroatoms. The van der Waals surface area contributed by atoms with Crippen LogP contribution in [0.1, 0.15) is 37.7 Å². The molecule has 1 atom stereocenters. The Morgan fingerprint density at radius 1 is 1.27 bits per heavy atom. The van der Waals surface area contributed by atoms with Gasteiger partial charge in [0.15, 0.2) is 0 Å². The first-order valence-electron chi connectivity index (χ1n) is 5.49. The van der Waals surface area contributed by atoms with Gasteiger partial charge < -0.3 is 5.73 Å². The Morgan fingerprint density at radius 2 is 1.80 bits per heavy atom. The summed E-state index contributed by atoms with van der Waals surface area (Å²) in [5, 5.41) is 4.50. The van der Waals surface area contributed by atoms with Crippen molar-refractivity contribution in [3.8, 4) is 0 Å². The Bertz CT molecular complexity index is 344. The first-order chi connectivity index (χ1) is 6.73. The van der Waals surface area contributed by atoms with Crippen LogP contribution < -0.4 is 5.73 Å². The Balaban J connectivity index is 2.86. The van der Waals surface area contributed by atoms with E-state index < -0.39 is 0 Å². The van der Waals surface area contributed by atoms with Gasteiger partial charge in [0.2, 0.25) is 0 Å². The van der Waals surface area contributed by atoms with Crippen LogP contribution in [-0.4, -0.2) is 15.8 Å². The van der Waals surface area contributed by atoms with Gasteiger partial charge in [-0.3, -0.25) is 4.68 Å². The molecule has 0 bridgehead atoms. The lowest BCUT2D eigenvalue weighted by Crippen LogP contribution is -2.39. The standard InChI is InChI=1S/C12H23N3/c1-8-9(2)14-15(10(8)3)7-11(13)12(4,5)6/h11H,7,13H2,1-6H3. The maximum Gasteiger partial charge on any atom is 0.0625 e. The Hall–Kier alpha value is -0.830. The lowest BCUT2D eigenvalue weighted by molar-refractivity contribution is 0.281. The number of aryl methyl sites for hydroxylation is 1. The topological polar surface area (TPSA) is 43.8 Å². The van der Waals surface area contributed by atoms with Crippen LogP contribution >= 0.6 is 0 Å². The first-order valence-corrected chi connectivity index (χ1v) is 5.49. The molecule has 86 valence electrons. The molecule has 0 aliphatic heterocycles. The van der Waals surface area contributed by atoms with Gasteiger partial charge in [0, 0.05) is 11.7 Å². The summed E-state index contributed by atoms with van der Waals surface area (Å²) >= 11 is 0. The number of nitrogens with zero attached hydrogens (tertiary/aromatic N) is 2. The fraction of sp³-hybridized carbons (Fsp3) is 0.750. The van der Waals surface area contributed by atoms with Crippen LogP contribution in [0, 0.1) is 26.2 Å². The Morgan fingerprint density at radius 3 is 2.13 bits per heavy atom. The van der Waals surface area contributed by atoms with Crippen molar-refractivity contribution in [3.63, 3.8) is 0 Å². The number of nitrogens with two attached hydrogens (primary N) is 1. The summed E-state index contributed by atoms with van der Waals surface area (Å²) < 4.78 is 2.03. The van der Waals surface area contributed by atoms with Gasteiger partial charge in [-0.25, -0.2) is 0 Å². The van der Waals surface area contributed by atoms with Crippen LogP contribution in [0.25, 0.3) is 0 Å². The van der Waals surface area contributed by atoms with Crippen LogP contribution in [0.2, 0.25) is 0 Å². The van der Waals surface area contributed by atoms with E-state index in [1.807, 2.05) is 11.6 Å². The molecule has 0 amide bonds. The molecule has 0 aliphatic rings. The quantitative estimate of drug-likeness (QED) is 0.811. The molecule has 1 aromatic rings. The third kappa shape index (κ3) is 2.59. The smallest absolute Gasteiger partial charge is 0.0625 e. The molecular weight excluding hydrogens is 186 g/mol. The number of hydrogen-bond acceptors (Lipinski definition) is 2. The zero-order valence-corrected chi connectivity index (χ0v) is 10.8. The SMILES string of the molecule is Cc1nn(CC(N)C(C)(C)C)c(C)c1C. The molecule has 1 rings (SSSR count). The van der Waals surface area contributed by atoms with Gasteiger partial charge in [-0.15, -0.1) is 0 Å². The lowest BCUT2D eigenvalue weighted by atomic mass is 9.87. The maximum atomic E-state index is 6.15. The first kappa shape index (κ1) is 12.2.